The van der Waals surface area contributed by atoms with Crippen molar-refractivity contribution in [3.63, 3.8) is 0 Å². The number of hydrogen-bond acceptors (Lipinski definition) is 5. The van der Waals surface area contributed by atoms with E-state index < -0.39 is 28.8 Å². The van der Waals surface area contributed by atoms with Gasteiger partial charge in [-0.05, 0) is 27.7 Å². The summed E-state index contributed by atoms with van der Waals surface area (Å²) in [5.74, 6) is 1.57. The lowest BCUT2D eigenvalue weighted by Gasteiger charge is -2.32. The fourth-order valence-electron chi connectivity index (χ4n) is 1.87. The Labute approximate surface area is 122 Å². The number of pyridine rings is 1. The van der Waals surface area contributed by atoms with Gasteiger partial charge in [-0.2, -0.15) is 0 Å². The van der Waals surface area contributed by atoms with Crippen LogP contribution in [0.15, 0.2) is 23.0 Å². The zero-order valence-electron chi connectivity index (χ0n) is 12.4. The van der Waals surface area contributed by atoms with Gasteiger partial charge in [0.2, 0.25) is 0 Å². The second kappa shape index (κ2) is 5.12. The molecule has 2 rings (SSSR count). The number of H-pyrrole nitrogens is 1. The van der Waals surface area contributed by atoms with Crippen molar-refractivity contribution in [2.24, 2.45) is 0 Å². The summed E-state index contributed by atoms with van der Waals surface area (Å²) >= 11 is 0. The van der Waals surface area contributed by atoms with Gasteiger partial charge in [0, 0.05) is 11.6 Å². The number of hydrogen-bond donors (Lipinski definition) is 1. The summed E-state index contributed by atoms with van der Waals surface area (Å²) in [6.45, 7) is 7.67. The van der Waals surface area contributed by atoms with Gasteiger partial charge in [0.1, 0.15) is 0 Å². The van der Waals surface area contributed by atoms with E-state index in [1.165, 1.54) is 12.1 Å². The summed E-state index contributed by atoms with van der Waals surface area (Å²) in [6.07, 6.45) is 2.53. The second-order valence-corrected chi connectivity index (χ2v) is 5.88. The highest BCUT2D eigenvalue weighted by atomic mass is 16.7. The van der Waals surface area contributed by atoms with E-state index in [9.17, 15) is 14.9 Å². The first kappa shape index (κ1) is 15.5. The van der Waals surface area contributed by atoms with Crippen molar-refractivity contribution in [2.75, 3.05) is 0 Å². The maximum Gasteiger partial charge on any atom is 0.487 e. The Bertz CT molecular complexity index is 634. The fraction of sp³-hybridized carbons (Fsp3) is 0.462. The normalized spacial score (nSPS) is 20.1. The number of nitrogens with zero attached hydrogens (tertiary/aromatic N) is 1. The SMILES string of the molecule is CC1(C)OB(/C=C/c2cc([N+](=O)[O-])c[nH]c2=O)OC1(C)C. The number of rotatable bonds is 3. The Morgan fingerprint density at radius 1 is 1.29 bits per heavy atom. The van der Waals surface area contributed by atoms with Gasteiger partial charge in [-0.15, -0.1) is 0 Å². The Morgan fingerprint density at radius 3 is 2.38 bits per heavy atom. The van der Waals surface area contributed by atoms with Crippen LogP contribution in [-0.4, -0.2) is 28.2 Å². The molecule has 1 fully saturated rings. The first-order valence-corrected chi connectivity index (χ1v) is 6.53. The van der Waals surface area contributed by atoms with E-state index in [4.69, 9.17) is 9.31 Å². The summed E-state index contributed by atoms with van der Waals surface area (Å²) in [7, 11) is -0.603. The van der Waals surface area contributed by atoms with Crippen LogP contribution in [0.25, 0.3) is 6.08 Å². The molecule has 0 saturated carbocycles. The molecule has 1 aliphatic rings. The molecule has 0 spiro atoms. The van der Waals surface area contributed by atoms with Crippen LogP contribution >= 0.6 is 0 Å². The van der Waals surface area contributed by atoms with Crippen LogP contribution in [0, 0.1) is 10.1 Å². The molecule has 0 aromatic carbocycles. The minimum Gasteiger partial charge on any atom is -0.400 e. The molecular formula is C13H17BN2O5. The average Bonchev–Trinajstić information content (AvgIpc) is 2.56. The second-order valence-electron chi connectivity index (χ2n) is 5.88. The Hall–Kier alpha value is -1.93. The quantitative estimate of drug-likeness (QED) is 0.522. The van der Waals surface area contributed by atoms with E-state index in [0.29, 0.717) is 0 Å². The first-order chi connectivity index (χ1) is 9.62. The van der Waals surface area contributed by atoms with Crippen molar-refractivity contribution < 1.29 is 14.2 Å². The van der Waals surface area contributed by atoms with Gasteiger partial charge >= 0.3 is 7.12 Å². The predicted molar refractivity (Wildman–Crippen MR) is 78.8 cm³/mol. The van der Waals surface area contributed by atoms with Gasteiger partial charge in [0.15, 0.2) is 0 Å². The van der Waals surface area contributed by atoms with Crippen molar-refractivity contribution in [1.82, 2.24) is 4.98 Å². The molecule has 8 heteroatoms. The molecule has 1 aromatic heterocycles. The zero-order chi connectivity index (χ0) is 15.8. The van der Waals surface area contributed by atoms with Crippen LogP contribution in [0.4, 0.5) is 5.69 Å². The van der Waals surface area contributed by atoms with E-state index >= 15 is 0 Å². The Morgan fingerprint density at radius 2 is 1.86 bits per heavy atom. The third-order valence-corrected chi connectivity index (χ3v) is 3.83. The van der Waals surface area contributed by atoms with E-state index in [1.807, 2.05) is 27.7 Å². The molecule has 0 aliphatic carbocycles. The van der Waals surface area contributed by atoms with Crippen LogP contribution in [0.2, 0.25) is 0 Å². The molecule has 0 atom stereocenters. The summed E-state index contributed by atoms with van der Waals surface area (Å²) in [5, 5.41) is 10.7. The number of nitro groups is 1. The fourth-order valence-corrected chi connectivity index (χ4v) is 1.87. The van der Waals surface area contributed by atoms with E-state index in [2.05, 4.69) is 4.98 Å². The van der Waals surface area contributed by atoms with Crippen molar-refractivity contribution in [1.29, 1.82) is 0 Å². The molecule has 0 bridgehead atoms. The number of aromatic amines is 1. The van der Waals surface area contributed by atoms with Crippen LogP contribution in [-0.2, 0) is 9.31 Å². The first-order valence-electron chi connectivity index (χ1n) is 6.53. The van der Waals surface area contributed by atoms with Gasteiger partial charge in [-0.1, -0.05) is 12.1 Å². The standard InChI is InChI=1S/C13H17BN2O5/c1-12(2)13(3,4)21-14(20-12)6-5-9-7-10(16(18)19)8-15-11(9)17/h5-8H,1-4H3,(H,15,17)/b6-5+. The molecule has 1 aromatic rings. The van der Waals surface area contributed by atoms with Crippen LogP contribution < -0.4 is 5.56 Å². The topological polar surface area (TPSA) is 94.5 Å². The van der Waals surface area contributed by atoms with Gasteiger partial charge in [-0.3, -0.25) is 14.9 Å². The van der Waals surface area contributed by atoms with Crippen molar-refractivity contribution in [2.45, 2.75) is 38.9 Å². The van der Waals surface area contributed by atoms with Gasteiger partial charge in [0.25, 0.3) is 11.2 Å². The predicted octanol–water partition coefficient (Wildman–Crippen LogP) is 1.93. The highest BCUT2D eigenvalue weighted by Crippen LogP contribution is 2.36. The highest BCUT2D eigenvalue weighted by Gasteiger charge is 2.50. The maximum atomic E-state index is 11.6. The average molecular weight is 292 g/mol. The van der Waals surface area contributed by atoms with Crippen LogP contribution in [0.3, 0.4) is 0 Å². The van der Waals surface area contributed by atoms with Gasteiger partial charge in [0.05, 0.1) is 22.3 Å². The van der Waals surface area contributed by atoms with Gasteiger partial charge in [-0.25, -0.2) is 0 Å². The molecule has 1 N–H and O–H groups in total. The third-order valence-electron chi connectivity index (χ3n) is 3.83. The van der Waals surface area contributed by atoms with Crippen molar-refractivity contribution >= 4 is 18.9 Å². The van der Waals surface area contributed by atoms with Crippen molar-refractivity contribution in [3.05, 3.63) is 44.3 Å². The zero-order valence-corrected chi connectivity index (χ0v) is 12.4. The summed E-state index contributed by atoms with van der Waals surface area (Å²) < 4.78 is 11.5. The molecule has 21 heavy (non-hydrogen) atoms. The Kier molecular flexibility index (Phi) is 3.77. The van der Waals surface area contributed by atoms with Crippen LogP contribution in [0.1, 0.15) is 33.3 Å². The van der Waals surface area contributed by atoms with Gasteiger partial charge < -0.3 is 14.3 Å². The highest BCUT2D eigenvalue weighted by molar-refractivity contribution is 6.52. The summed E-state index contributed by atoms with van der Waals surface area (Å²) in [6, 6.07) is 1.21. The smallest absolute Gasteiger partial charge is 0.400 e. The molecule has 0 unspecified atom stereocenters. The lowest BCUT2D eigenvalue weighted by Crippen LogP contribution is -2.41. The minimum atomic E-state index is -0.603. The maximum absolute atomic E-state index is 11.6. The lowest BCUT2D eigenvalue weighted by molar-refractivity contribution is -0.385. The molecule has 2 heterocycles. The largest absolute Gasteiger partial charge is 0.487 e. The molecule has 0 radical (unpaired) electrons. The summed E-state index contributed by atoms with van der Waals surface area (Å²) in [4.78, 5) is 24.1. The number of nitrogens with one attached hydrogen (secondary N) is 1. The van der Waals surface area contributed by atoms with Crippen LogP contribution in [0.5, 0.6) is 0 Å². The molecule has 1 aliphatic heterocycles. The minimum absolute atomic E-state index is 0.178. The summed E-state index contributed by atoms with van der Waals surface area (Å²) in [5.41, 5.74) is -1.36. The molecule has 0 amide bonds. The molecule has 7 nitrogen and oxygen atoms in total. The number of aromatic nitrogens is 1. The lowest BCUT2D eigenvalue weighted by atomic mass is 9.89. The van der Waals surface area contributed by atoms with E-state index in [1.54, 1.807) is 5.98 Å². The van der Waals surface area contributed by atoms with E-state index in [-0.39, 0.29) is 11.3 Å². The molecular weight excluding hydrogens is 275 g/mol. The monoisotopic (exact) mass is 292 g/mol. The molecule has 112 valence electrons. The Balaban J connectivity index is 2.22. The van der Waals surface area contributed by atoms with Crippen molar-refractivity contribution in [3.8, 4) is 0 Å². The third kappa shape index (κ3) is 3.06. The van der Waals surface area contributed by atoms with E-state index in [0.717, 1.165) is 6.20 Å². The molecule has 1 saturated heterocycles.